The highest BCUT2D eigenvalue weighted by Gasteiger charge is 2.42. The lowest BCUT2D eigenvalue weighted by molar-refractivity contribution is -0.0805. The molecule has 0 spiro atoms. The van der Waals surface area contributed by atoms with E-state index in [9.17, 15) is 0 Å². The zero-order valence-electron chi connectivity index (χ0n) is 10.6. The van der Waals surface area contributed by atoms with Gasteiger partial charge in [0.2, 0.25) is 0 Å². The first-order chi connectivity index (χ1) is 8.22. The van der Waals surface area contributed by atoms with E-state index in [1.165, 1.54) is 18.4 Å². The van der Waals surface area contributed by atoms with Gasteiger partial charge in [-0.2, -0.15) is 11.3 Å². The van der Waals surface area contributed by atoms with Gasteiger partial charge in [-0.1, -0.05) is 19.8 Å². The quantitative estimate of drug-likeness (QED) is 0.641. The summed E-state index contributed by atoms with van der Waals surface area (Å²) in [5.41, 5.74) is 4.07. The largest absolute Gasteiger partial charge is 0.376 e. The number of rotatable bonds is 4. The van der Waals surface area contributed by atoms with Crippen LogP contribution < -0.4 is 11.3 Å². The summed E-state index contributed by atoms with van der Waals surface area (Å²) in [6.07, 6.45) is 4.68. The molecule has 3 N–H and O–H groups in total. The van der Waals surface area contributed by atoms with Crippen molar-refractivity contribution in [3.05, 3.63) is 22.4 Å². The number of nitrogens with two attached hydrogens (primary N) is 1. The van der Waals surface area contributed by atoms with Gasteiger partial charge in [-0.15, -0.1) is 0 Å². The SMILES string of the molecule is COC1(C(NN)c2ccsc2)CCCC(C)C1. The molecule has 1 aromatic rings. The predicted molar refractivity (Wildman–Crippen MR) is 71.8 cm³/mol. The first kappa shape index (κ1) is 13.0. The number of nitrogens with one attached hydrogen (secondary N) is 1. The van der Waals surface area contributed by atoms with Crippen molar-refractivity contribution in [2.45, 2.75) is 44.2 Å². The molecule has 4 heteroatoms. The third-order valence-electron chi connectivity index (χ3n) is 3.97. The van der Waals surface area contributed by atoms with Crippen molar-refractivity contribution >= 4 is 11.3 Å². The zero-order valence-corrected chi connectivity index (χ0v) is 11.4. The van der Waals surface area contributed by atoms with Crippen LogP contribution in [0.25, 0.3) is 0 Å². The molecule has 0 aromatic carbocycles. The summed E-state index contributed by atoms with van der Waals surface area (Å²) in [5, 5.41) is 4.25. The lowest BCUT2D eigenvalue weighted by Crippen LogP contribution is -2.50. The Hall–Kier alpha value is -0.420. The fraction of sp³-hybridized carbons (Fsp3) is 0.692. The van der Waals surface area contributed by atoms with E-state index in [1.807, 2.05) is 7.11 Å². The van der Waals surface area contributed by atoms with E-state index in [1.54, 1.807) is 11.3 Å². The van der Waals surface area contributed by atoms with Gasteiger partial charge in [-0.25, -0.2) is 0 Å². The van der Waals surface area contributed by atoms with Crippen molar-refractivity contribution in [1.29, 1.82) is 0 Å². The molecule has 0 radical (unpaired) electrons. The van der Waals surface area contributed by atoms with Gasteiger partial charge >= 0.3 is 0 Å². The molecule has 1 heterocycles. The maximum Gasteiger partial charge on any atom is 0.0888 e. The maximum atomic E-state index is 5.89. The molecule has 1 aliphatic carbocycles. The van der Waals surface area contributed by atoms with Gasteiger partial charge in [0.25, 0.3) is 0 Å². The Labute approximate surface area is 107 Å². The van der Waals surface area contributed by atoms with Gasteiger partial charge in [0.15, 0.2) is 0 Å². The minimum Gasteiger partial charge on any atom is -0.376 e. The summed E-state index contributed by atoms with van der Waals surface area (Å²) in [4.78, 5) is 0. The molecule has 0 aliphatic heterocycles. The number of hydrogen-bond acceptors (Lipinski definition) is 4. The van der Waals surface area contributed by atoms with Crippen LogP contribution >= 0.6 is 11.3 Å². The molecule has 96 valence electrons. The third kappa shape index (κ3) is 2.55. The average Bonchev–Trinajstić information content (AvgIpc) is 2.83. The number of hydrazine groups is 1. The summed E-state index contributed by atoms with van der Waals surface area (Å²) in [6.45, 7) is 2.30. The molecular formula is C13H22N2OS. The van der Waals surface area contributed by atoms with Crippen LogP contribution in [0.3, 0.4) is 0 Å². The highest BCUT2D eigenvalue weighted by Crippen LogP contribution is 2.43. The van der Waals surface area contributed by atoms with Gasteiger partial charge in [0, 0.05) is 7.11 Å². The average molecular weight is 254 g/mol. The Morgan fingerprint density at radius 1 is 1.65 bits per heavy atom. The summed E-state index contributed by atoms with van der Waals surface area (Å²) >= 11 is 1.71. The highest BCUT2D eigenvalue weighted by atomic mass is 32.1. The van der Waals surface area contributed by atoms with E-state index in [2.05, 4.69) is 29.2 Å². The van der Waals surface area contributed by atoms with Crippen molar-refractivity contribution in [3.8, 4) is 0 Å². The van der Waals surface area contributed by atoms with Gasteiger partial charge in [-0.3, -0.25) is 11.3 Å². The molecule has 17 heavy (non-hydrogen) atoms. The van der Waals surface area contributed by atoms with Crippen molar-refractivity contribution in [2.75, 3.05) is 7.11 Å². The van der Waals surface area contributed by atoms with Gasteiger partial charge in [-0.05, 0) is 41.1 Å². The topological polar surface area (TPSA) is 47.3 Å². The number of hydrogen-bond donors (Lipinski definition) is 2. The second-order valence-corrected chi connectivity index (χ2v) is 5.91. The molecule has 1 aliphatic rings. The van der Waals surface area contributed by atoms with E-state index < -0.39 is 0 Å². The van der Waals surface area contributed by atoms with E-state index in [-0.39, 0.29) is 11.6 Å². The Balaban J connectivity index is 2.25. The van der Waals surface area contributed by atoms with Crippen LogP contribution in [-0.4, -0.2) is 12.7 Å². The van der Waals surface area contributed by atoms with Crippen LogP contribution in [0.2, 0.25) is 0 Å². The molecule has 0 saturated heterocycles. The van der Waals surface area contributed by atoms with E-state index in [0.717, 1.165) is 12.8 Å². The molecular weight excluding hydrogens is 232 g/mol. The molecule has 2 rings (SSSR count). The van der Waals surface area contributed by atoms with Gasteiger partial charge in [0.05, 0.1) is 11.6 Å². The van der Waals surface area contributed by atoms with Crippen molar-refractivity contribution in [3.63, 3.8) is 0 Å². The Kier molecular flexibility index (Phi) is 4.20. The van der Waals surface area contributed by atoms with Crippen LogP contribution in [0.15, 0.2) is 16.8 Å². The normalized spacial score (nSPS) is 31.4. The van der Waals surface area contributed by atoms with Crippen LogP contribution in [-0.2, 0) is 4.74 Å². The lowest BCUT2D eigenvalue weighted by Gasteiger charge is -2.44. The summed E-state index contributed by atoms with van der Waals surface area (Å²) in [7, 11) is 1.81. The standard InChI is InChI=1S/C13H22N2OS/c1-10-4-3-6-13(8-10,16-2)12(15-14)11-5-7-17-9-11/h5,7,9-10,12,15H,3-4,6,8,14H2,1-2H3. The molecule has 0 amide bonds. The Bertz CT molecular complexity index is 341. The maximum absolute atomic E-state index is 5.89. The minimum atomic E-state index is -0.145. The van der Waals surface area contributed by atoms with Crippen molar-refractivity contribution in [1.82, 2.24) is 5.43 Å². The van der Waals surface area contributed by atoms with Crippen molar-refractivity contribution < 1.29 is 4.74 Å². The van der Waals surface area contributed by atoms with Crippen LogP contribution in [0.5, 0.6) is 0 Å². The molecule has 1 fully saturated rings. The predicted octanol–water partition coefficient (Wildman–Crippen LogP) is 2.85. The van der Waals surface area contributed by atoms with Gasteiger partial charge in [0.1, 0.15) is 0 Å². The highest BCUT2D eigenvalue weighted by molar-refractivity contribution is 7.07. The van der Waals surface area contributed by atoms with Crippen LogP contribution in [0.1, 0.15) is 44.2 Å². The molecule has 0 bridgehead atoms. The minimum absolute atomic E-state index is 0.0986. The van der Waals surface area contributed by atoms with Crippen molar-refractivity contribution in [2.24, 2.45) is 11.8 Å². The van der Waals surface area contributed by atoms with E-state index in [4.69, 9.17) is 10.6 Å². The summed E-state index contributed by atoms with van der Waals surface area (Å²) < 4.78 is 5.89. The first-order valence-corrected chi connectivity index (χ1v) is 7.19. The summed E-state index contributed by atoms with van der Waals surface area (Å²) in [5.74, 6) is 6.48. The molecule has 1 aromatic heterocycles. The lowest BCUT2D eigenvalue weighted by atomic mass is 9.73. The Morgan fingerprint density at radius 2 is 2.47 bits per heavy atom. The number of thiophene rings is 1. The monoisotopic (exact) mass is 254 g/mol. The molecule has 3 atom stereocenters. The fourth-order valence-electron chi connectivity index (χ4n) is 3.10. The number of ether oxygens (including phenoxy) is 1. The number of methoxy groups -OCH3 is 1. The van der Waals surface area contributed by atoms with E-state index in [0.29, 0.717) is 5.92 Å². The van der Waals surface area contributed by atoms with E-state index >= 15 is 0 Å². The molecule has 3 nitrogen and oxygen atoms in total. The first-order valence-electron chi connectivity index (χ1n) is 6.25. The summed E-state index contributed by atoms with van der Waals surface area (Å²) in [6, 6.07) is 2.23. The molecule has 3 unspecified atom stereocenters. The van der Waals surface area contributed by atoms with Crippen LogP contribution in [0.4, 0.5) is 0 Å². The Morgan fingerprint density at radius 3 is 3.00 bits per heavy atom. The second-order valence-electron chi connectivity index (χ2n) is 5.13. The smallest absolute Gasteiger partial charge is 0.0888 e. The molecule has 1 saturated carbocycles. The third-order valence-corrected chi connectivity index (χ3v) is 4.67. The van der Waals surface area contributed by atoms with Crippen LogP contribution in [0, 0.1) is 5.92 Å². The second kappa shape index (κ2) is 5.48. The fourth-order valence-corrected chi connectivity index (χ4v) is 3.79. The zero-order chi connectivity index (χ0) is 12.3. The van der Waals surface area contributed by atoms with Gasteiger partial charge < -0.3 is 4.74 Å².